The van der Waals surface area contributed by atoms with E-state index >= 15 is 0 Å². The fourth-order valence-corrected chi connectivity index (χ4v) is 2.49. The second-order valence-corrected chi connectivity index (χ2v) is 4.71. The Morgan fingerprint density at radius 3 is 3.06 bits per heavy atom. The number of aromatic nitrogens is 3. The van der Waals surface area contributed by atoms with Crippen molar-refractivity contribution in [2.24, 2.45) is 5.73 Å². The van der Waals surface area contributed by atoms with Gasteiger partial charge in [0, 0.05) is 18.0 Å². The SMILES string of the molecule is Cc1cn2cc(-c3nc(CCN)cs3)oc2n1. The van der Waals surface area contributed by atoms with E-state index in [0.717, 1.165) is 28.6 Å². The topological polar surface area (TPSA) is 69.3 Å². The summed E-state index contributed by atoms with van der Waals surface area (Å²) in [6, 6.07) is 0. The van der Waals surface area contributed by atoms with Crippen molar-refractivity contribution < 1.29 is 4.42 Å². The van der Waals surface area contributed by atoms with Crippen LogP contribution < -0.4 is 5.73 Å². The Morgan fingerprint density at radius 2 is 2.29 bits per heavy atom. The molecule has 0 fully saturated rings. The number of fused-ring (bicyclic) bond motifs is 1. The van der Waals surface area contributed by atoms with E-state index in [4.69, 9.17) is 10.2 Å². The second kappa shape index (κ2) is 3.97. The molecule has 3 aromatic heterocycles. The van der Waals surface area contributed by atoms with Gasteiger partial charge in [0.05, 0.1) is 17.6 Å². The van der Waals surface area contributed by atoms with E-state index in [1.807, 2.05) is 29.1 Å². The molecule has 3 aromatic rings. The molecule has 0 saturated carbocycles. The molecule has 0 aliphatic rings. The van der Waals surface area contributed by atoms with Gasteiger partial charge in [0.1, 0.15) is 0 Å². The highest BCUT2D eigenvalue weighted by Gasteiger charge is 2.11. The minimum absolute atomic E-state index is 0.605. The zero-order valence-corrected chi connectivity index (χ0v) is 10.2. The van der Waals surface area contributed by atoms with Crippen LogP contribution in [0.2, 0.25) is 0 Å². The molecule has 0 unspecified atom stereocenters. The molecule has 0 radical (unpaired) electrons. The van der Waals surface area contributed by atoms with E-state index in [9.17, 15) is 0 Å². The lowest BCUT2D eigenvalue weighted by molar-refractivity contribution is 0.608. The summed E-state index contributed by atoms with van der Waals surface area (Å²) in [6.45, 7) is 2.55. The van der Waals surface area contributed by atoms with Crippen LogP contribution in [0.3, 0.4) is 0 Å². The summed E-state index contributed by atoms with van der Waals surface area (Å²) in [5.41, 5.74) is 7.45. The molecule has 0 spiro atoms. The summed E-state index contributed by atoms with van der Waals surface area (Å²) in [7, 11) is 0. The Bertz CT molecular complexity index is 620. The molecule has 17 heavy (non-hydrogen) atoms. The number of nitrogens with two attached hydrogens (primary N) is 1. The van der Waals surface area contributed by atoms with Crippen molar-refractivity contribution in [1.82, 2.24) is 14.4 Å². The average Bonchev–Trinajstić information content (AvgIpc) is 2.91. The van der Waals surface area contributed by atoms with Gasteiger partial charge in [-0.25, -0.2) is 4.98 Å². The van der Waals surface area contributed by atoms with Crippen LogP contribution in [0.5, 0.6) is 0 Å². The highest BCUT2D eigenvalue weighted by Crippen LogP contribution is 2.26. The molecule has 0 aliphatic heterocycles. The number of hydrogen-bond donors (Lipinski definition) is 1. The third-order valence-corrected chi connectivity index (χ3v) is 3.35. The van der Waals surface area contributed by atoms with Gasteiger partial charge >= 0.3 is 5.84 Å². The van der Waals surface area contributed by atoms with Crippen LogP contribution in [-0.2, 0) is 6.42 Å². The molecule has 6 heteroatoms. The third kappa shape index (κ3) is 1.85. The van der Waals surface area contributed by atoms with Crippen LogP contribution >= 0.6 is 11.3 Å². The first-order valence-electron chi connectivity index (χ1n) is 5.36. The molecule has 88 valence electrons. The van der Waals surface area contributed by atoms with Crippen molar-refractivity contribution in [3.05, 3.63) is 29.2 Å². The van der Waals surface area contributed by atoms with Crippen LogP contribution in [0.25, 0.3) is 16.6 Å². The summed E-state index contributed by atoms with van der Waals surface area (Å²) in [5.74, 6) is 1.36. The Balaban J connectivity index is 1.98. The van der Waals surface area contributed by atoms with Crippen molar-refractivity contribution in [3.8, 4) is 10.8 Å². The normalized spacial score (nSPS) is 11.4. The van der Waals surface area contributed by atoms with Crippen molar-refractivity contribution in [1.29, 1.82) is 0 Å². The molecule has 0 bridgehead atoms. The van der Waals surface area contributed by atoms with Gasteiger partial charge < -0.3 is 10.2 Å². The van der Waals surface area contributed by atoms with Gasteiger partial charge in [0.15, 0.2) is 10.8 Å². The number of thiazole rings is 1. The predicted octanol–water partition coefficient (Wildman–Crippen LogP) is 1.86. The highest BCUT2D eigenvalue weighted by atomic mass is 32.1. The number of rotatable bonds is 3. The lowest BCUT2D eigenvalue weighted by atomic mass is 10.3. The lowest BCUT2D eigenvalue weighted by Crippen LogP contribution is -2.02. The van der Waals surface area contributed by atoms with Crippen molar-refractivity contribution >= 4 is 17.2 Å². The van der Waals surface area contributed by atoms with Gasteiger partial charge in [-0.05, 0) is 13.5 Å². The molecule has 2 N–H and O–H groups in total. The Hall–Kier alpha value is -1.66. The van der Waals surface area contributed by atoms with Crippen LogP contribution in [-0.4, -0.2) is 20.9 Å². The maximum absolute atomic E-state index is 5.63. The minimum Gasteiger partial charge on any atom is -0.420 e. The first-order valence-corrected chi connectivity index (χ1v) is 6.24. The Labute approximate surface area is 102 Å². The zero-order valence-electron chi connectivity index (χ0n) is 9.38. The van der Waals surface area contributed by atoms with Gasteiger partial charge in [-0.1, -0.05) is 0 Å². The van der Waals surface area contributed by atoms with Gasteiger partial charge in [-0.15, -0.1) is 11.3 Å². The van der Waals surface area contributed by atoms with E-state index in [1.54, 1.807) is 11.3 Å². The molecule has 0 amide bonds. The minimum atomic E-state index is 0.605. The third-order valence-electron chi connectivity index (χ3n) is 2.44. The van der Waals surface area contributed by atoms with E-state index in [-0.39, 0.29) is 0 Å². The standard InChI is InChI=1S/C11H12N4OS/c1-7-4-15-5-9(16-11(15)13-7)10-14-8(2-3-12)6-17-10/h4-6H,2-3,12H2,1H3. The Morgan fingerprint density at radius 1 is 1.41 bits per heavy atom. The molecular formula is C11H12N4OS. The molecule has 0 saturated heterocycles. The van der Waals surface area contributed by atoms with E-state index < -0.39 is 0 Å². The number of hydrogen-bond acceptors (Lipinski definition) is 5. The quantitative estimate of drug-likeness (QED) is 0.768. The maximum Gasteiger partial charge on any atom is 0.306 e. The van der Waals surface area contributed by atoms with E-state index in [2.05, 4.69) is 9.97 Å². The smallest absolute Gasteiger partial charge is 0.306 e. The van der Waals surface area contributed by atoms with Crippen molar-refractivity contribution in [2.45, 2.75) is 13.3 Å². The van der Waals surface area contributed by atoms with Crippen molar-refractivity contribution in [2.75, 3.05) is 6.54 Å². The van der Waals surface area contributed by atoms with Crippen LogP contribution in [0, 0.1) is 6.92 Å². The number of nitrogens with zero attached hydrogens (tertiary/aromatic N) is 3. The number of oxazole rings is 1. The van der Waals surface area contributed by atoms with Crippen LogP contribution in [0.1, 0.15) is 11.4 Å². The maximum atomic E-state index is 5.63. The second-order valence-electron chi connectivity index (χ2n) is 3.85. The number of aryl methyl sites for hydroxylation is 1. The summed E-state index contributed by atoms with van der Waals surface area (Å²) < 4.78 is 7.50. The average molecular weight is 248 g/mol. The molecule has 0 atom stereocenters. The Kier molecular flexibility index (Phi) is 2.45. The van der Waals surface area contributed by atoms with E-state index in [0.29, 0.717) is 12.4 Å². The zero-order chi connectivity index (χ0) is 11.8. The summed E-state index contributed by atoms with van der Waals surface area (Å²) in [5, 5.41) is 2.88. The predicted molar refractivity (Wildman–Crippen MR) is 66.1 cm³/mol. The van der Waals surface area contributed by atoms with Crippen LogP contribution in [0.15, 0.2) is 22.2 Å². The fraction of sp³-hybridized carbons (Fsp3) is 0.273. The fourth-order valence-electron chi connectivity index (χ4n) is 1.69. The first kappa shape index (κ1) is 10.5. The first-order chi connectivity index (χ1) is 8.26. The monoisotopic (exact) mass is 248 g/mol. The molecular weight excluding hydrogens is 236 g/mol. The van der Waals surface area contributed by atoms with Gasteiger partial charge in [0.25, 0.3) is 0 Å². The lowest BCUT2D eigenvalue weighted by Gasteiger charge is -1.89. The summed E-state index contributed by atoms with van der Waals surface area (Å²) >= 11 is 1.56. The summed E-state index contributed by atoms with van der Waals surface area (Å²) in [4.78, 5) is 8.73. The van der Waals surface area contributed by atoms with Gasteiger partial charge in [-0.3, -0.25) is 4.40 Å². The van der Waals surface area contributed by atoms with Gasteiger partial charge in [-0.2, -0.15) is 4.98 Å². The van der Waals surface area contributed by atoms with E-state index in [1.165, 1.54) is 0 Å². The molecule has 3 rings (SSSR count). The summed E-state index contributed by atoms with van der Waals surface area (Å²) in [6.07, 6.45) is 4.63. The highest BCUT2D eigenvalue weighted by molar-refractivity contribution is 7.13. The molecule has 0 aromatic carbocycles. The number of imidazole rings is 1. The van der Waals surface area contributed by atoms with Crippen molar-refractivity contribution in [3.63, 3.8) is 0 Å². The molecule has 3 heterocycles. The largest absolute Gasteiger partial charge is 0.420 e. The van der Waals surface area contributed by atoms with Crippen LogP contribution in [0.4, 0.5) is 0 Å². The van der Waals surface area contributed by atoms with Gasteiger partial charge in [0.2, 0.25) is 0 Å². The molecule has 5 nitrogen and oxygen atoms in total. The molecule has 0 aliphatic carbocycles.